The molecule has 0 radical (unpaired) electrons. The Morgan fingerprint density at radius 1 is 1.30 bits per heavy atom. The van der Waals surface area contributed by atoms with Gasteiger partial charge in [0.15, 0.2) is 11.6 Å². The van der Waals surface area contributed by atoms with Gasteiger partial charge < -0.3 is 15.7 Å². The van der Waals surface area contributed by atoms with Crippen LogP contribution >= 0.6 is 11.6 Å². The van der Waals surface area contributed by atoms with E-state index in [0.717, 1.165) is 12.1 Å². The molecule has 8 heteroatoms. The largest absolute Gasteiger partial charge is 0.396 e. The molecule has 0 aromatic heterocycles. The van der Waals surface area contributed by atoms with E-state index in [-0.39, 0.29) is 18.1 Å². The number of anilines is 1. The van der Waals surface area contributed by atoms with Crippen molar-refractivity contribution >= 4 is 29.1 Å². The molecule has 0 heterocycles. The van der Waals surface area contributed by atoms with Crippen LogP contribution in [0.5, 0.6) is 0 Å². The lowest BCUT2D eigenvalue weighted by molar-refractivity contribution is -0.136. The molecule has 0 saturated carbocycles. The summed E-state index contributed by atoms with van der Waals surface area (Å²) < 4.78 is 26.8. The highest BCUT2D eigenvalue weighted by molar-refractivity contribution is 6.39. The van der Waals surface area contributed by atoms with Gasteiger partial charge in [-0.25, -0.2) is 8.78 Å². The minimum absolute atomic E-state index is 0.163. The van der Waals surface area contributed by atoms with Crippen LogP contribution in [-0.2, 0) is 9.59 Å². The summed E-state index contributed by atoms with van der Waals surface area (Å²) in [7, 11) is 0. The van der Waals surface area contributed by atoms with Crippen LogP contribution in [0, 0.1) is 11.6 Å². The zero-order chi connectivity index (χ0) is 15.3. The predicted molar refractivity (Wildman–Crippen MR) is 69.3 cm³/mol. The van der Waals surface area contributed by atoms with Gasteiger partial charge in [0.2, 0.25) is 0 Å². The van der Waals surface area contributed by atoms with Gasteiger partial charge in [0.25, 0.3) is 0 Å². The predicted octanol–water partition coefficient (Wildman–Crippen LogP) is 1.44. The van der Waals surface area contributed by atoms with Crippen LogP contribution in [0.15, 0.2) is 12.1 Å². The van der Waals surface area contributed by atoms with E-state index in [0.29, 0.717) is 0 Å². The number of aliphatic hydroxyl groups is 1. The first-order chi connectivity index (χ1) is 9.35. The van der Waals surface area contributed by atoms with Crippen molar-refractivity contribution in [3.63, 3.8) is 0 Å². The zero-order valence-corrected chi connectivity index (χ0v) is 11.3. The molecule has 5 nitrogen and oxygen atoms in total. The third-order valence-corrected chi connectivity index (χ3v) is 2.61. The lowest BCUT2D eigenvalue weighted by Gasteiger charge is -2.12. The lowest BCUT2D eigenvalue weighted by atomic mass is 10.2. The fraction of sp³-hybridized carbons (Fsp3) is 0.333. The highest BCUT2D eigenvalue weighted by Gasteiger charge is 2.20. The molecule has 20 heavy (non-hydrogen) atoms. The Labute approximate surface area is 118 Å². The number of nitrogens with one attached hydrogen (secondary N) is 2. The van der Waals surface area contributed by atoms with Crippen LogP contribution in [-0.4, -0.2) is 29.6 Å². The minimum Gasteiger partial charge on any atom is -0.396 e. The number of amides is 2. The summed E-state index contributed by atoms with van der Waals surface area (Å²) in [4.78, 5) is 22.9. The summed E-state index contributed by atoms with van der Waals surface area (Å²) >= 11 is 5.43. The van der Waals surface area contributed by atoms with E-state index in [9.17, 15) is 18.4 Å². The zero-order valence-electron chi connectivity index (χ0n) is 10.5. The third kappa shape index (κ3) is 4.43. The van der Waals surface area contributed by atoms with Gasteiger partial charge in [-0.2, -0.15) is 0 Å². The van der Waals surface area contributed by atoms with Crippen LogP contribution in [0.2, 0.25) is 5.02 Å². The first-order valence-electron chi connectivity index (χ1n) is 5.72. The molecule has 1 aromatic carbocycles. The molecular formula is C12H13ClF2N2O3. The lowest BCUT2D eigenvalue weighted by Crippen LogP contribution is -2.41. The molecule has 2 amide bonds. The van der Waals surface area contributed by atoms with E-state index in [1.807, 2.05) is 5.32 Å². The molecule has 0 aliphatic heterocycles. The van der Waals surface area contributed by atoms with Crippen LogP contribution in [0.3, 0.4) is 0 Å². The van der Waals surface area contributed by atoms with E-state index in [2.05, 4.69) is 5.32 Å². The molecule has 0 aliphatic rings. The first kappa shape index (κ1) is 16.3. The second kappa shape index (κ2) is 7.16. The van der Waals surface area contributed by atoms with E-state index in [1.54, 1.807) is 6.92 Å². The second-order valence-electron chi connectivity index (χ2n) is 4.09. The Kier molecular flexibility index (Phi) is 5.84. The number of rotatable bonds is 4. The summed E-state index contributed by atoms with van der Waals surface area (Å²) in [6.45, 7) is 1.41. The molecule has 110 valence electrons. The first-order valence-corrected chi connectivity index (χ1v) is 6.10. The van der Waals surface area contributed by atoms with Crippen molar-refractivity contribution in [2.45, 2.75) is 19.4 Å². The summed E-state index contributed by atoms with van der Waals surface area (Å²) in [6, 6.07) is 1.18. The minimum atomic E-state index is -1.21. The number of carbonyl (C=O) groups excluding carboxylic acids is 2. The average Bonchev–Trinajstić information content (AvgIpc) is 2.33. The van der Waals surface area contributed by atoms with Gasteiger partial charge in [0, 0.05) is 17.7 Å². The van der Waals surface area contributed by atoms with E-state index < -0.39 is 35.2 Å². The molecule has 0 aliphatic carbocycles. The maximum absolute atomic E-state index is 13.4. The number of hydrogen-bond acceptors (Lipinski definition) is 3. The summed E-state index contributed by atoms with van der Waals surface area (Å²) in [5.74, 6) is -4.44. The Hall–Kier alpha value is -1.73. The van der Waals surface area contributed by atoms with Crippen molar-refractivity contribution in [3.05, 3.63) is 28.8 Å². The van der Waals surface area contributed by atoms with Crippen molar-refractivity contribution < 1.29 is 23.5 Å². The van der Waals surface area contributed by atoms with Crippen LogP contribution in [0.4, 0.5) is 14.5 Å². The molecular weight excluding hydrogens is 294 g/mol. The Morgan fingerprint density at radius 3 is 2.35 bits per heavy atom. The van der Waals surface area contributed by atoms with Crippen molar-refractivity contribution in [1.29, 1.82) is 0 Å². The molecule has 1 aromatic rings. The third-order valence-electron chi connectivity index (χ3n) is 2.39. The highest BCUT2D eigenvalue weighted by atomic mass is 35.5. The second-order valence-corrected chi connectivity index (χ2v) is 4.52. The SMILES string of the molecule is C[C@H](CCO)NC(=O)C(=O)Nc1c(F)cc(Cl)cc1F. The van der Waals surface area contributed by atoms with Crippen molar-refractivity contribution in [1.82, 2.24) is 5.32 Å². The number of hydrogen-bond donors (Lipinski definition) is 3. The van der Waals surface area contributed by atoms with Crippen molar-refractivity contribution in [3.8, 4) is 0 Å². The highest BCUT2D eigenvalue weighted by Crippen LogP contribution is 2.23. The number of benzene rings is 1. The molecule has 1 rings (SSSR count). The van der Waals surface area contributed by atoms with Crippen molar-refractivity contribution in [2.75, 3.05) is 11.9 Å². The summed E-state index contributed by atoms with van der Waals surface area (Å²) in [5.41, 5.74) is -0.746. The average molecular weight is 307 g/mol. The molecule has 0 saturated heterocycles. The molecule has 0 spiro atoms. The molecule has 0 bridgehead atoms. The van der Waals surface area contributed by atoms with Gasteiger partial charge in [-0.3, -0.25) is 9.59 Å². The monoisotopic (exact) mass is 306 g/mol. The van der Waals surface area contributed by atoms with Crippen LogP contribution in [0.25, 0.3) is 0 Å². The van der Waals surface area contributed by atoms with Gasteiger partial charge in [0.05, 0.1) is 0 Å². The Bertz CT molecular complexity index is 502. The summed E-state index contributed by atoms with van der Waals surface area (Å²) in [6.07, 6.45) is 0.253. The fourth-order valence-corrected chi connectivity index (χ4v) is 1.58. The molecule has 0 unspecified atom stereocenters. The summed E-state index contributed by atoms with van der Waals surface area (Å²) in [5, 5.41) is 12.6. The van der Waals surface area contributed by atoms with E-state index in [4.69, 9.17) is 16.7 Å². The van der Waals surface area contributed by atoms with Gasteiger partial charge in [-0.1, -0.05) is 11.6 Å². The smallest absolute Gasteiger partial charge is 0.313 e. The quantitative estimate of drug-likeness (QED) is 0.737. The van der Waals surface area contributed by atoms with Gasteiger partial charge in [-0.15, -0.1) is 0 Å². The van der Waals surface area contributed by atoms with Crippen LogP contribution in [0.1, 0.15) is 13.3 Å². The fourth-order valence-electron chi connectivity index (χ4n) is 1.39. The maximum atomic E-state index is 13.4. The normalized spacial score (nSPS) is 11.8. The van der Waals surface area contributed by atoms with Crippen LogP contribution < -0.4 is 10.6 Å². The van der Waals surface area contributed by atoms with Gasteiger partial charge >= 0.3 is 11.8 Å². The number of aliphatic hydroxyl groups excluding tert-OH is 1. The van der Waals surface area contributed by atoms with Gasteiger partial charge in [-0.05, 0) is 25.5 Å². The molecule has 3 N–H and O–H groups in total. The van der Waals surface area contributed by atoms with E-state index in [1.165, 1.54) is 0 Å². The maximum Gasteiger partial charge on any atom is 0.313 e. The molecule has 1 atom stereocenters. The molecule has 0 fully saturated rings. The number of halogens is 3. The van der Waals surface area contributed by atoms with Gasteiger partial charge in [0.1, 0.15) is 5.69 Å². The standard InChI is InChI=1S/C12H13ClF2N2O3/c1-6(2-3-18)16-11(19)12(20)17-10-8(14)4-7(13)5-9(10)15/h4-6,18H,2-3H2,1H3,(H,16,19)(H,17,20)/t6-/m1/s1. The van der Waals surface area contributed by atoms with E-state index >= 15 is 0 Å². The van der Waals surface area contributed by atoms with Crippen molar-refractivity contribution in [2.24, 2.45) is 0 Å². The topological polar surface area (TPSA) is 78.4 Å². The number of carbonyl (C=O) groups is 2. The Balaban J connectivity index is 2.74. The Morgan fingerprint density at radius 2 is 1.85 bits per heavy atom.